The van der Waals surface area contributed by atoms with Crippen molar-refractivity contribution in [1.82, 2.24) is 44.5 Å². The molecule has 10 nitrogen and oxygen atoms in total. The Kier molecular flexibility index (Phi) is 5.22. The minimum absolute atomic E-state index is 0.0134. The van der Waals surface area contributed by atoms with E-state index in [0.717, 1.165) is 52.0 Å². The lowest BCUT2D eigenvalue weighted by Crippen LogP contribution is -2.26. The van der Waals surface area contributed by atoms with Gasteiger partial charge < -0.3 is 4.90 Å². The second-order valence-corrected chi connectivity index (χ2v) is 10.2. The molecule has 2 aromatic carbocycles. The molecular weight excluding hydrogens is 490 g/mol. The summed E-state index contributed by atoms with van der Waals surface area (Å²) in [5.41, 5.74) is 5.46. The number of nitrogens with zero attached hydrogens (tertiary/aromatic N) is 9. The van der Waals surface area contributed by atoms with Gasteiger partial charge in [-0.25, -0.2) is 4.98 Å². The molecule has 0 atom stereocenters. The largest absolute Gasteiger partial charge is 0.347 e. The molecule has 0 radical (unpaired) electrons. The average molecular weight is 516 g/mol. The van der Waals surface area contributed by atoms with Crippen molar-refractivity contribution in [3.05, 3.63) is 90.8 Å². The molecule has 1 aliphatic carbocycles. The fraction of sp³-hybridized carbons (Fsp3) is 0.207. The highest BCUT2D eigenvalue weighted by Gasteiger charge is 2.50. The second kappa shape index (κ2) is 8.80. The number of fused-ring (bicyclic) bond motifs is 2. The van der Waals surface area contributed by atoms with Crippen LogP contribution in [0, 0.1) is 0 Å². The van der Waals surface area contributed by atoms with Crippen LogP contribution in [0.15, 0.2) is 79.4 Å². The van der Waals surface area contributed by atoms with E-state index in [1.807, 2.05) is 36.7 Å². The molecule has 0 unspecified atom stereocenters. The molecule has 4 heterocycles. The molecule has 39 heavy (non-hydrogen) atoms. The van der Waals surface area contributed by atoms with Crippen LogP contribution in [0.2, 0.25) is 0 Å². The van der Waals surface area contributed by atoms with E-state index in [2.05, 4.69) is 55.6 Å². The fourth-order valence-corrected chi connectivity index (χ4v) is 5.00. The standard InChI is InChI=1S/C29H25N9O/c1-36(2)26(39)18-37-17-22(15-32-37)19-5-3-6-20(13-19)25-16-31-28-34-33-27(38(28)35-25)29(10-11-29)23-8-9-24-21(14-23)7-4-12-30-24/h3-9,12-17H,10-11,18H2,1-2H3. The molecule has 1 aliphatic rings. The van der Waals surface area contributed by atoms with Crippen molar-refractivity contribution in [1.29, 1.82) is 0 Å². The third-order valence-electron chi connectivity index (χ3n) is 7.39. The van der Waals surface area contributed by atoms with Crippen molar-refractivity contribution in [2.45, 2.75) is 24.8 Å². The van der Waals surface area contributed by atoms with Crippen molar-refractivity contribution in [2.75, 3.05) is 14.1 Å². The van der Waals surface area contributed by atoms with Gasteiger partial charge in [0.25, 0.3) is 5.78 Å². The van der Waals surface area contributed by atoms with E-state index in [-0.39, 0.29) is 17.9 Å². The van der Waals surface area contributed by atoms with Crippen molar-refractivity contribution in [3.63, 3.8) is 0 Å². The number of likely N-dealkylation sites (N-methyl/N-ethyl adjacent to an activating group) is 1. The smallest absolute Gasteiger partial charge is 0.271 e. The molecule has 1 amide bonds. The van der Waals surface area contributed by atoms with Crippen LogP contribution >= 0.6 is 0 Å². The van der Waals surface area contributed by atoms with Crippen LogP contribution in [0.5, 0.6) is 0 Å². The van der Waals surface area contributed by atoms with E-state index >= 15 is 0 Å². The Hall–Kier alpha value is -4.99. The number of hydrogen-bond donors (Lipinski definition) is 0. The van der Waals surface area contributed by atoms with Gasteiger partial charge in [0.05, 0.1) is 23.3 Å². The van der Waals surface area contributed by atoms with Crippen molar-refractivity contribution in [2.24, 2.45) is 0 Å². The summed E-state index contributed by atoms with van der Waals surface area (Å²) in [7, 11) is 3.47. The van der Waals surface area contributed by atoms with Crippen molar-refractivity contribution >= 4 is 22.6 Å². The number of carbonyl (C=O) groups excluding carboxylic acids is 1. The van der Waals surface area contributed by atoms with Crippen molar-refractivity contribution < 1.29 is 4.79 Å². The lowest BCUT2D eigenvalue weighted by Gasteiger charge is -2.14. The van der Waals surface area contributed by atoms with Gasteiger partial charge in [-0.15, -0.1) is 10.2 Å². The summed E-state index contributed by atoms with van der Waals surface area (Å²) < 4.78 is 3.44. The third kappa shape index (κ3) is 4.01. The molecular formula is C29H25N9O. The highest BCUT2D eigenvalue weighted by atomic mass is 16.2. The topological polar surface area (TPSA) is 107 Å². The molecule has 0 N–H and O–H groups in total. The van der Waals surface area contributed by atoms with E-state index < -0.39 is 0 Å². The molecule has 1 saturated carbocycles. The van der Waals surface area contributed by atoms with Crippen LogP contribution in [-0.2, 0) is 16.8 Å². The van der Waals surface area contributed by atoms with Gasteiger partial charge in [-0.05, 0) is 48.2 Å². The lowest BCUT2D eigenvalue weighted by molar-refractivity contribution is -0.129. The molecule has 1 fully saturated rings. The summed E-state index contributed by atoms with van der Waals surface area (Å²) in [5, 5.41) is 19.3. The van der Waals surface area contributed by atoms with E-state index in [1.54, 1.807) is 40.6 Å². The zero-order valence-electron chi connectivity index (χ0n) is 21.6. The summed E-state index contributed by atoms with van der Waals surface area (Å²) >= 11 is 0. The summed E-state index contributed by atoms with van der Waals surface area (Å²) in [6.07, 6.45) is 9.13. The van der Waals surface area contributed by atoms with E-state index in [0.29, 0.717) is 5.78 Å². The quantitative estimate of drug-likeness (QED) is 0.332. The lowest BCUT2D eigenvalue weighted by atomic mass is 9.94. The van der Waals surface area contributed by atoms with Crippen LogP contribution in [0.1, 0.15) is 24.2 Å². The number of amides is 1. The van der Waals surface area contributed by atoms with E-state index in [4.69, 9.17) is 5.10 Å². The molecule has 4 aromatic heterocycles. The Labute approximate surface area is 224 Å². The van der Waals surface area contributed by atoms with Crippen LogP contribution in [0.4, 0.5) is 0 Å². The monoisotopic (exact) mass is 515 g/mol. The van der Waals surface area contributed by atoms with Gasteiger partial charge in [-0.1, -0.05) is 30.3 Å². The van der Waals surface area contributed by atoms with E-state index in [9.17, 15) is 4.79 Å². The van der Waals surface area contributed by atoms with Gasteiger partial charge in [0.2, 0.25) is 5.91 Å². The first-order valence-corrected chi connectivity index (χ1v) is 12.8. The van der Waals surface area contributed by atoms with Crippen LogP contribution < -0.4 is 0 Å². The number of carbonyl (C=O) groups is 1. The fourth-order valence-electron chi connectivity index (χ4n) is 5.00. The summed E-state index contributed by atoms with van der Waals surface area (Å²) in [4.78, 5) is 22.7. The van der Waals surface area contributed by atoms with Gasteiger partial charge in [-0.2, -0.15) is 14.7 Å². The Bertz CT molecular complexity index is 1870. The Morgan fingerprint density at radius 1 is 0.949 bits per heavy atom. The molecule has 0 bridgehead atoms. The summed E-state index contributed by atoms with van der Waals surface area (Å²) in [6.45, 7) is 0.195. The highest BCUT2D eigenvalue weighted by Crippen LogP contribution is 2.53. The second-order valence-electron chi connectivity index (χ2n) is 10.2. The molecule has 0 saturated heterocycles. The zero-order valence-corrected chi connectivity index (χ0v) is 21.6. The van der Waals surface area contributed by atoms with Crippen LogP contribution in [0.3, 0.4) is 0 Å². The molecule has 10 heteroatoms. The maximum Gasteiger partial charge on any atom is 0.271 e. The van der Waals surface area contributed by atoms with Gasteiger partial charge in [0, 0.05) is 43.0 Å². The zero-order chi connectivity index (χ0) is 26.6. The minimum Gasteiger partial charge on any atom is -0.347 e. The van der Waals surface area contributed by atoms with Gasteiger partial charge in [0.15, 0.2) is 5.82 Å². The SMILES string of the molecule is CN(C)C(=O)Cn1cc(-c2cccc(-c3cnc4nnc(C5(c6ccc7ncccc7c6)CC5)n4n3)c2)cn1. The highest BCUT2D eigenvalue weighted by molar-refractivity contribution is 5.80. The number of aromatic nitrogens is 8. The minimum atomic E-state index is -0.239. The van der Waals surface area contributed by atoms with Crippen LogP contribution in [-0.4, -0.2) is 64.5 Å². The maximum atomic E-state index is 12.1. The number of pyridine rings is 1. The summed E-state index contributed by atoms with van der Waals surface area (Å²) in [5.74, 6) is 1.27. The Morgan fingerprint density at radius 3 is 2.67 bits per heavy atom. The first kappa shape index (κ1) is 23.2. The summed E-state index contributed by atoms with van der Waals surface area (Å²) in [6, 6.07) is 18.5. The Morgan fingerprint density at radius 2 is 1.82 bits per heavy atom. The number of benzene rings is 2. The first-order chi connectivity index (χ1) is 19.0. The molecule has 192 valence electrons. The molecule has 7 rings (SSSR count). The number of hydrogen-bond acceptors (Lipinski definition) is 7. The average Bonchev–Trinajstić information content (AvgIpc) is 3.43. The van der Waals surface area contributed by atoms with E-state index in [1.165, 1.54) is 5.56 Å². The predicted molar refractivity (Wildman–Crippen MR) is 146 cm³/mol. The van der Waals surface area contributed by atoms with Gasteiger partial charge >= 0.3 is 0 Å². The van der Waals surface area contributed by atoms with Crippen LogP contribution in [0.25, 0.3) is 39.1 Å². The Balaban J connectivity index is 1.23. The number of rotatable bonds is 6. The normalized spacial score (nSPS) is 14.1. The molecule has 6 aromatic rings. The molecule has 0 spiro atoms. The van der Waals surface area contributed by atoms with Gasteiger partial charge in [0.1, 0.15) is 12.2 Å². The third-order valence-corrected chi connectivity index (χ3v) is 7.39. The van der Waals surface area contributed by atoms with Gasteiger partial charge in [-0.3, -0.25) is 14.5 Å². The maximum absolute atomic E-state index is 12.1. The van der Waals surface area contributed by atoms with Crippen molar-refractivity contribution in [3.8, 4) is 22.4 Å². The molecule has 0 aliphatic heterocycles. The first-order valence-electron chi connectivity index (χ1n) is 12.8. The predicted octanol–water partition coefficient (Wildman–Crippen LogP) is 3.77.